The Bertz CT molecular complexity index is 706. The SMILES string of the molecule is CCN(CC)CCNC(=O)/C=C/c1ccc2cc(OC)ccc2c1. The molecule has 0 saturated heterocycles. The third kappa shape index (κ3) is 5.10. The molecule has 0 aliphatic heterocycles. The summed E-state index contributed by atoms with van der Waals surface area (Å²) in [5.74, 6) is 0.787. The number of rotatable bonds is 8. The van der Waals surface area contributed by atoms with Crippen molar-refractivity contribution in [3.63, 3.8) is 0 Å². The second-order valence-corrected chi connectivity index (χ2v) is 5.62. The molecule has 1 amide bonds. The van der Waals surface area contributed by atoms with Gasteiger partial charge in [0.05, 0.1) is 7.11 Å². The standard InChI is InChI=1S/C20H26N2O2/c1-4-22(5-2)13-12-21-20(23)11-7-16-6-8-18-15-19(24-3)10-9-17(18)14-16/h6-11,14-15H,4-5,12-13H2,1-3H3,(H,21,23)/b11-7+. The molecular weight excluding hydrogens is 300 g/mol. The van der Waals surface area contributed by atoms with Crippen LogP contribution in [-0.2, 0) is 4.79 Å². The van der Waals surface area contributed by atoms with Crippen molar-refractivity contribution in [3.05, 3.63) is 48.0 Å². The molecule has 1 N–H and O–H groups in total. The zero-order chi connectivity index (χ0) is 17.4. The van der Waals surface area contributed by atoms with E-state index in [2.05, 4.69) is 30.1 Å². The second-order valence-electron chi connectivity index (χ2n) is 5.62. The highest BCUT2D eigenvalue weighted by Crippen LogP contribution is 2.22. The summed E-state index contributed by atoms with van der Waals surface area (Å²) < 4.78 is 5.23. The fourth-order valence-electron chi connectivity index (χ4n) is 2.58. The molecule has 2 aromatic rings. The van der Waals surface area contributed by atoms with Gasteiger partial charge in [-0.3, -0.25) is 4.79 Å². The molecule has 0 aliphatic carbocycles. The smallest absolute Gasteiger partial charge is 0.244 e. The number of benzene rings is 2. The van der Waals surface area contributed by atoms with Gasteiger partial charge in [-0.1, -0.05) is 32.0 Å². The number of nitrogens with zero attached hydrogens (tertiary/aromatic N) is 1. The first-order valence-electron chi connectivity index (χ1n) is 8.42. The molecule has 128 valence electrons. The van der Waals surface area contributed by atoms with Gasteiger partial charge in [0.1, 0.15) is 5.75 Å². The van der Waals surface area contributed by atoms with Crippen LogP contribution in [0.4, 0.5) is 0 Å². The average Bonchev–Trinajstić information content (AvgIpc) is 2.63. The number of likely N-dealkylation sites (N-methyl/N-ethyl adjacent to an activating group) is 1. The summed E-state index contributed by atoms with van der Waals surface area (Å²) in [5.41, 5.74) is 1.01. The lowest BCUT2D eigenvalue weighted by Gasteiger charge is -2.17. The summed E-state index contributed by atoms with van der Waals surface area (Å²) in [6.45, 7) is 7.81. The Kier molecular flexibility index (Phi) is 6.82. The van der Waals surface area contributed by atoms with Gasteiger partial charge in [-0.15, -0.1) is 0 Å². The Labute approximate surface area is 144 Å². The molecule has 0 heterocycles. The number of hydrogen-bond acceptors (Lipinski definition) is 3. The van der Waals surface area contributed by atoms with Crippen molar-refractivity contribution in [2.75, 3.05) is 33.3 Å². The lowest BCUT2D eigenvalue weighted by Crippen LogP contribution is -2.34. The number of ether oxygens (including phenoxy) is 1. The van der Waals surface area contributed by atoms with Crippen molar-refractivity contribution in [2.45, 2.75) is 13.8 Å². The van der Waals surface area contributed by atoms with Gasteiger partial charge in [0.15, 0.2) is 0 Å². The summed E-state index contributed by atoms with van der Waals surface area (Å²) in [7, 11) is 1.66. The van der Waals surface area contributed by atoms with Crippen LogP contribution in [0.25, 0.3) is 16.8 Å². The highest BCUT2D eigenvalue weighted by atomic mass is 16.5. The number of fused-ring (bicyclic) bond motifs is 1. The first-order chi connectivity index (χ1) is 11.7. The molecule has 0 saturated carbocycles. The normalized spacial score (nSPS) is 11.3. The molecule has 24 heavy (non-hydrogen) atoms. The maximum Gasteiger partial charge on any atom is 0.244 e. The van der Waals surface area contributed by atoms with Crippen LogP contribution in [0.2, 0.25) is 0 Å². The maximum atomic E-state index is 11.9. The monoisotopic (exact) mass is 326 g/mol. The van der Waals surface area contributed by atoms with Crippen molar-refractivity contribution in [1.82, 2.24) is 10.2 Å². The minimum Gasteiger partial charge on any atom is -0.497 e. The Morgan fingerprint density at radius 3 is 2.54 bits per heavy atom. The molecular formula is C20H26N2O2. The van der Waals surface area contributed by atoms with E-state index in [9.17, 15) is 4.79 Å². The van der Waals surface area contributed by atoms with E-state index >= 15 is 0 Å². The summed E-state index contributed by atoms with van der Waals surface area (Å²) >= 11 is 0. The minimum atomic E-state index is -0.0583. The predicted molar refractivity (Wildman–Crippen MR) is 100 cm³/mol. The molecule has 0 aliphatic rings. The van der Waals surface area contributed by atoms with Crippen LogP contribution in [0.5, 0.6) is 5.75 Å². The fraction of sp³-hybridized carbons (Fsp3) is 0.350. The number of methoxy groups -OCH3 is 1. The van der Waals surface area contributed by atoms with Crippen LogP contribution >= 0.6 is 0 Å². The predicted octanol–water partition coefficient (Wildman–Crippen LogP) is 3.32. The van der Waals surface area contributed by atoms with Gasteiger partial charge in [0.25, 0.3) is 0 Å². The highest BCUT2D eigenvalue weighted by Gasteiger charge is 2.01. The molecule has 0 aromatic heterocycles. The fourth-order valence-corrected chi connectivity index (χ4v) is 2.58. The lowest BCUT2D eigenvalue weighted by molar-refractivity contribution is -0.116. The highest BCUT2D eigenvalue weighted by molar-refractivity contribution is 5.93. The summed E-state index contributed by atoms with van der Waals surface area (Å²) in [4.78, 5) is 14.2. The van der Waals surface area contributed by atoms with E-state index in [1.54, 1.807) is 13.2 Å². The van der Waals surface area contributed by atoms with Crippen molar-refractivity contribution in [2.24, 2.45) is 0 Å². The van der Waals surface area contributed by atoms with Gasteiger partial charge in [-0.2, -0.15) is 0 Å². The molecule has 4 heteroatoms. The van der Waals surface area contributed by atoms with Crippen LogP contribution in [0.1, 0.15) is 19.4 Å². The average molecular weight is 326 g/mol. The summed E-state index contributed by atoms with van der Waals surface area (Å²) in [6, 6.07) is 12.1. The molecule has 0 unspecified atom stereocenters. The lowest BCUT2D eigenvalue weighted by atomic mass is 10.1. The zero-order valence-electron chi connectivity index (χ0n) is 14.7. The van der Waals surface area contributed by atoms with E-state index in [1.165, 1.54) is 0 Å². The van der Waals surface area contributed by atoms with Gasteiger partial charge in [0.2, 0.25) is 5.91 Å². The zero-order valence-corrected chi connectivity index (χ0v) is 14.7. The molecule has 0 bridgehead atoms. The van der Waals surface area contributed by atoms with Crippen LogP contribution < -0.4 is 10.1 Å². The second kappa shape index (κ2) is 9.08. The third-order valence-corrected chi connectivity index (χ3v) is 4.12. The topological polar surface area (TPSA) is 41.6 Å². The Morgan fingerprint density at radius 1 is 1.12 bits per heavy atom. The van der Waals surface area contributed by atoms with Crippen molar-refractivity contribution >= 4 is 22.8 Å². The van der Waals surface area contributed by atoms with E-state index in [0.29, 0.717) is 6.54 Å². The number of hydrogen-bond donors (Lipinski definition) is 1. The summed E-state index contributed by atoms with van der Waals surface area (Å²) in [5, 5.41) is 5.17. The molecule has 0 atom stereocenters. The van der Waals surface area contributed by atoms with E-state index in [-0.39, 0.29) is 5.91 Å². The minimum absolute atomic E-state index is 0.0583. The van der Waals surface area contributed by atoms with E-state index < -0.39 is 0 Å². The van der Waals surface area contributed by atoms with Gasteiger partial charge in [-0.05, 0) is 53.7 Å². The first-order valence-corrected chi connectivity index (χ1v) is 8.42. The van der Waals surface area contributed by atoms with E-state index in [4.69, 9.17) is 4.74 Å². The van der Waals surface area contributed by atoms with Crippen LogP contribution in [0.3, 0.4) is 0 Å². The Morgan fingerprint density at radius 2 is 1.83 bits per heavy atom. The molecule has 4 nitrogen and oxygen atoms in total. The number of nitrogens with one attached hydrogen (secondary N) is 1. The van der Waals surface area contributed by atoms with Crippen molar-refractivity contribution in [1.29, 1.82) is 0 Å². The summed E-state index contributed by atoms with van der Waals surface area (Å²) in [6.07, 6.45) is 3.43. The number of carbonyl (C=O) groups is 1. The first kappa shape index (κ1) is 18.0. The number of carbonyl (C=O) groups excluding carboxylic acids is 1. The third-order valence-electron chi connectivity index (χ3n) is 4.12. The van der Waals surface area contributed by atoms with Crippen LogP contribution in [0.15, 0.2) is 42.5 Å². The van der Waals surface area contributed by atoms with Gasteiger partial charge >= 0.3 is 0 Å². The molecule has 2 aromatic carbocycles. The quantitative estimate of drug-likeness (QED) is 0.757. The number of amides is 1. The molecule has 0 fully saturated rings. The maximum absolute atomic E-state index is 11.9. The largest absolute Gasteiger partial charge is 0.497 e. The van der Waals surface area contributed by atoms with Gasteiger partial charge < -0.3 is 15.0 Å². The molecule has 2 rings (SSSR count). The molecule has 0 spiro atoms. The Balaban J connectivity index is 1.93. The Hall–Kier alpha value is -2.33. The van der Waals surface area contributed by atoms with Crippen molar-refractivity contribution in [3.8, 4) is 5.75 Å². The van der Waals surface area contributed by atoms with Crippen molar-refractivity contribution < 1.29 is 9.53 Å². The van der Waals surface area contributed by atoms with E-state index in [0.717, 1.165) is 41.7 Å². The van der Waals surface area contributed by atoms with E-state index in [1.807, 2.05) is 36.4 Å². The van der Waals surface area contributed by atoms with Gasteiger partial charge in [0, 0.05) is 19.2 Å². The van der Waals surface area contributed by atoms with Gasteiger partial charge in [-0.25, -0.2) is 0 Å². The van der Waals surface area contributed by atoms with Crippen LogP contribution in [0, 0.1) is 0 Å². The van der Waals surface area contributed by atoms with Crippen LogP contribution in [-0.4, -0.2) is 44.1 Å². The molecule has 0 radical (unpaired) electrons.